The minimum atomic E-state index is -0.351. The van der Waals surface area contributed by atoms with Crippen LogP contribution in [0.5, 0.6) is 5.75 Å². The first kappa shape index (κ1) is 12.2. The van der Waals surface area contributed by atoms with Gasteiger partial charge in [0.1, 0.15) is 11.6 Å². The quantitative estimate of drug-likeness (QED) is 0.811. The first-order chi connectivity index (χ1) is 8.70. The molecular weight excluding hydrogens is 231 g/mol. The molecule has 2 rings (SSSR count). The lowest BCUT2D eigenvalue weighted by Crippen LogP contribution is -2.00. The van der Waals surface area contributed by atoms with Gasteiger partial charge in [-0.15, -0.1) is 0 Å². The molecule has 18 heavy (non-hydrogen) atoms. The van der Waals surface area contributed by atoms with E-state index in [9.17, 15) is 4.39 Å². The molecule has 0 aromatic heterocycles. The molecule has 0 aliphatic rings. The van der Waals surface area contributed by atoms with Crippen molar-refractivity contribution in [3.05, 3.63) is 48.3 Å². The molecule has 0 radical (unpaired) electrons. The summed E-state index contributed by atoms with van der Waals surface area (Å²) in [5.41, 5.74) is 7.57. The number of nitrogen functional groups attached to an aromatic ring is 1. The van der Waals surface area contributed by atoms with Crippen molar-refractivity contribution in [3.63, 3.8) is 0 Å². The maximum Gasteiger partial charge on any atom is 0.142 e. The van der Waals surface area contributed by atoms with Crippen LogP contribution in [0.2, 0.25) is 0 Å². The fraction of sp³-hybridized carbons (Fsp3) is 0.143. The van der Waals surface area contributed by atoms with Crippen molar-refractivity contribution < 1.29 is 9.13 Å². The van der Waals surface area contributed by atoms with E-state index in [0.717, 1.165) is 11.4 Å². The number of rotatable bonds is 4. The number of hydrogen-bond acceptors (Lipinski definition) is 3. The van der Waals surface area contributed by atoms with E-state index in [0.29, 0.717) is 18.0 Å². The van der Waals surface area contributed by atoms with Crippen LogP contribution in [-0.2, 0) is 0 Å². The summed E-state index contributed by atoms with van der Waals surface area (Å²) in [5.74, 6) is 0.389. The molecule has 3 nitrogen and oxygen atoms in total. The fourth-order valence-electron chi connectivity index (χ4n) is 1.64. The fourth-order valence-corrected chi connectivity index (χ4v) is 1.64. The zero-order chi connectivity index (χ0) is 13.0. The Morgan fingerprint density at radius 2 is 1.94 bits per heavy atom. The molecule has 0 unspecified atom stereocenters. The molecular formula is C14H15FN2O. The lowest BCUT2D eigenvalue weighted by atomic mass is 10.2. The Morgan fingerprint density at radius 3 is 2.67 bits per heavy atom. The minimum Gasteiger partial charge on any atom is -0.492 e. The maximum absolute atomic E-state index is 13.0. The number of halogens is 1. The Kier molecular flexibility index (Phi) is 3.67. The molecule has 3 N–H and O–H groups in total. The number of para-hydroxylation sites is 2. The van der Waals surface area contributed by atoms with Crippen molar-refractivity contribution >= 4 is 17.1 Å². The highest BCUT2D eigenvalue weighted by Crippen LogP contribution is 2.30. The van der Waals surface area contributed by atoms with Gasteiger partial charge in [-0.2, -0.15) is 0 Å². The van der Waals surface area contributed by atoms with Gasteiger partial charge in [0.15, 0.2) is 0 Å². The largest absolute Gasteiger partial charge is 0.492 e. The van der Waals surface area contributed by atoms with Gasteiger partial charge in [0, 0.05) is 0 Å². The van der Waals surface area contributed by atoms with Gasteiger partial charge in [-0.3, -0.25) is 0 Å². The van der Waals surface area contributed by atoms with Gasteiger partial charge in [0.2, 0.25) is 0 Å². The Morgan fingerprint density at radius 1 is 1.17 bits per heavy atom. The highest BCUT2D eigenvalue weighted by Gasteiger charge is 2.05. The molecule has 2 aromatic rings. The van der Waals surface area contributed by atoms with E-state index in [-0.39, 0.29) is 5.82 Å². The second-order valence-corrected chi connectivity index (χ2v) is 3.79. The SMILES string of the molecule is CCOc1ccccc1Nc1ccc(F)cc1N. The monoisotopic (exact) mass is 246 g/mol. The highest BCUT2D eigenvalue weighted by atomic mass is 19.1. The second kappa shape index (κ2) is 5.40. The number of hydrogen-bond donors (Lipinski definition) is 2. The van der Waals surface area contributed by atoms with Crippen LogP contribution in [0, 0.1) is 5.82 Å². The van der Waals surface area contributed by atoms with Crippen LogP contribution < -0.4 is 15.8 Å². The smallest absolute Gasteiger partial charge is 0.142 e. The summed E-state index contributed by atoms with van der Waals surface area (Å²) in [7, 11) is 0. The van der Waals surface area contributed by atoms with Crippen molar-refractivity contribution in [2.24, 2.45) is 0 Å². The third-order valence-electron chi connectivity index (χ3n) is 2.47. The van der Waals surface area contributed by atoms with E-state index in [1.165, 1.54) is 12.1 Å². The molecule has 94 valence electrons. The van der Waals surface area contributed by atoms with Crippen molar-refractivity contribution in [2.75, 3.05) is 17.7 Å². The van der Waals surface area contributed by atoms with Crippen LogP contribution in [0.15, 0.2) is 42.5 Å². The average molecular weight is 246 g/mol. The Labute approximate surface area is 105 Å². The molecule has 0 amide bonds. The zero-order valence-corrected chi connectivity index (χ0v) is 10.1. The second-order valence-electron chi connectivity index (χ2n) is 3.79. The van der Waals surface area contributed by atoms with E-state index in [2.05, 4.69) is 5.32 Å². The summed E-state index contributed by atoms with van der Waals surface area (Å²) >= 11 is 0. The molecule has 0 saturated heterocycles. The summed E-state index contributed by atoms with van der Waals surface area (Å²) in [4.78, 5) is 0. The number of ether oxygens (including phenoxy) is 1. The molecule has 0 saturated carbocycles. The van der Waals surface area contributed by atoms with Crippen molar-refractivity contribution in [1.82, 2.24) is 0 Å². The molecule has 0 fully saturated rings. The average Bonchev–Trinajstić information content (AvgIpc) is 2.35. The molecule has 2 aromatic carbocycles. The molecule has 0 spiro atoms. The molecule has 0 heterocycles. The lowest BCUT2D eigenvalue weighted by Gasteiger charge is -2.13. The predicted octanol–water partition coefficient (Wildman–Crippen LogP) is 3.55. The standard InChI is InChI=1S/C14H15FN2O/c1-2-18-14-6-4-3-5-13(14)17-12-8-7-10(15)9-11(12)16/h3-9,17H,2,16H2,1H3. The van der Waals surface area contributed by atoms with Crippen LogP contribution in [-0.4, -0.2) is 6.61 Å². The third kappa shape index (κ3) is 2.71. The van der Waals surface area contributed by atoms with Gasteiger partial charge in [-0.25, -0.2) is 4.39 Å². The van der Waals surface area contributed by atoms with Crippen molar-refractivity contribution in [3.8, 4) is 5.75 Å². The number of benzene rings is 2. The van der Waals surface area contributed by atoms with E-state index >= 15 is 0 Å². The third-order valence-corrected chi connectivity index (χ3v) is 2.47. The first-order valence-corrected chi connectivity index (χ1v) is 5.74. The minimum absolute atomic E-state index is 0.351. The summed E-state index contributed by atoms with van der Waals surface area (Å²) < 4.78 is 18.4. The lowest BCUT2D eigenvalue weighted by molar-refractivity contribution is 0.342. The Balaban J connectivity index is 2.28. The van der Waals surface area contributed by atoms with Gasteiger partial charge in [0.05, 0.1) is 23.7 Å². The molecule has 0 aliphatic carbocycles. The van der Waals surface area contributed by atoms with E-state index in [1.54, 1.807) is 6.07 Å². The number of nitrogens with two attached hydrogens (primary N) is 1. The van der Waals surface area contributed by atoms with Crippen LogP contribution in [0.1, 0.15) is 6.92 Å². The van der Waals surface area contributed by atoms with Crippen LogP contribution >= 0.6 is 0 Å². The number of anilines is 3. The predicted molar refractivity (Wildman–Crippen MR) is 71.7 cm³/mol. The highest BCUT2D eigenvalue weighted by molar-refractivity contribution is 5.75. The van der Waals surface area contributed by atoms with Gasteiger partial charge >= 0.3 is 0 Å². The summed E-state index contributed by atoms with van der Waals surface area (Å²) in [6, 6.07) is 11.8. The van der Waals surface area contributed by atoms with Gasteiger partial charge < -0.3 is 15.8 Å². The first-order valence-electron chi connectivity index (χ1n) is 5.74. The Bertz CT molecular complexity index is 543. The van der Waals surface area contributed by atoms with Gasteiger partial charge in [-0.1, -0.05) is 12.1 Å². The summed E-state index contributed by atoms with van der Waals surface area (Å²) in [6.07, 6.45) is 0. The van der Waals surface area contributed by atoms with Crippen molar-refractivity contribution in [2.45, 2.75) is 6.92 Å². The van der Waals surface area contributed by atoms with Gasteiger partial charge in [0.25, 0.3) is 0 Å². The normalized spacial score (nSPS) is 10.1. The Hall–Kier alpha value is -2.23. The van der Waals surface area contributed by atoms with E-state index in [4.69, 9.17) is 10.5 Å². The maximum atomic E-state index is 13.0. The van der Waals surface area contributed by atoms with Crippen molar-refractivity contribution in [1.29, 1.82) is 0 Å². The zero-order valence-electron chi connectivity index (χ0n) is 10.1. The summed E-state index contributed by atoms with van der Waals surface area (Å²) in [6.45, 7) is 2.50. The summed E-state index contributed by atoms with van der Waals surface area (Å²) in [5, 5.41) is 3.14. The molecule has 0 bridgehead atoms. The number of nitrogens with one attached hydrogen (secondary N) is 1. The van der Waals surface area contributed by atoms with Crippen LogP contribution in [0.25, 0.3) is 0 Å². The van der Waals surface area contributed by atoms with E-state index in [1.807, 2.05) is 31.2 Å². The van der Waals surface area contributed by atoms with Crippen LogP contribution in [0.4, 0.5) is 21.5 Å². The van der Waals surface area contributed by atoms with Crippen LogP contribution in [0.3, 0.4) is 0 Å². The van der Waals surface area contributed by atoms with Gasteiger partial charge in [-0.05, 0) is 37.3 Å². The molecule has 0 aliphatic heterocycles. The van der Waals surface area contributed by atoms with E-state index < -0.39 is 0 Å². The topological polar surface area (TPSA) is 47.3 Å². The molecule has 0 atom stereocenters. The molecule has 4 heteroatoms.